The quantitative estimate of drug-likeness (QED) is 0.565. The maximum atomic E-state index is 12.5. The molecule has 0 aliphatic carbocycles. The van der Waals surface area contributed by atoms with Gasteiger partial charge in [0.05, 0.1) is 12.6 Å². The van der Waals surface area contributed by atoms with Crippen LogP contribution in [-0.4, -0.2) is 35.9 Å². The van der Waals surface area contributed by atoms with E-state index in [1.807, 2.05) is 31.2 Å². The van der Waals surface area contributed by atoms with Crippen LogP contribution in [0.15, 0.2) is 42.5 Å². The number of aromatic nitrogens is 1. The second-order valence-electron chi connectivity index (χ2n) is 7.56. The van der Waals surface area contributed by atoms with Crippen LogP contribution < -0.4 is 21.7 Å². The molecule has 0 bridgehead atoms. The van der Waals surface area contributed by atoms with Crippen LogP contribution in [0.3, 0.4) is 0 Å². The first kappa shape index (κ1) is 20.8. The van der Waals surface area contributed by atoms with Crippen molar-refractivity contribution in [2.45, 2.75) is 38.8 Å². The van der Waals surface area contributed by atoms with E-state index in [0.717, 1.165) is 37.1 Å². The van der Waals surface area contributed by atoms with Crippen LogP contribution in [0, 0.1) is 12.8 Å². The third-order valence-electron chi connectivity index (χ3n) is 5.31. The summed E-state index contributed by atoms with van der Waals surface area (Å²) in [6.45, 7) is 2.97. The number of pyridine rings is 1. The van der Waals surface area contributed by atoms with E-state index in [2.05, 4.69) is 33.1 Å². The highest BCUT2D eigenvalue weighted by Gasteiger charge is 2.27. The average molecular weight is 396 g/mol. The van der Waals surface area contributed by atoms with Gasteiger partial charge in [0.15, 0.2) is 0 Å². The van der Waals surface area contributed by atoms with Crippen molar-refractivity contribution in [2.24, 2.45) is 5.92 Å². The first-order valence-corrected chi connectivity index (χ1v) is 10.0. The van der Waals surface area contributed by atoms with E-state index in [1.165, 1.54) is 5.56 Å². The van der Waals surface area contributed by atoms with Crippen LogP contribution in [0.1, 0.15) is 29.7 Å². The Balaban J connectivity index is 1.41. The van der Waals surface area contributed by atoms with Crippen molar-refractivity contribution >= 4 is 17.6 Å². The molecule has 7 heteroatoms. The molecule has 2 amide bonds. The molecule has 1 aliphatic rings. The Kier molecular flexibility index (Phi) is 7.19. The summed E-state index contributed by atoms with van der Waals surface area (Å²) in [4.78, 5) is 28.8. The lowest BCUT2D eigenvalue weighted by Gasteiger charge is -2.29. The summed E-state index contributed by atoms with van der Waals surface area (Å²) >= 11 is 0. The van der Waals surface area contributed by atoms with E-state index in [9.17, 15) is 9.59 Å². The van der Waals surface area contributed by atoms with E-state index in [0.29, 0.717) is 18.3 Å². The highest BCUT2D eigenvalue weighted by Crippen LogP contribution is 2.21. The number of anilines is 1. The summed E-state index contributed by atoms with van der Waals surface area (Å²) in [7, 11) is 0. The Morgan fingerprint density at radius 3 is 2.72 bits per heavy atom. The van der Waals surface area contributed by atoms with Gasteiger partial charge in [0, 0.05) is 12.2 Å². The topological polar surface area (TPSA) is 109 Å². The number of carbonyl (C=O) groups is 2. The average Bonchev–Trinajstić information content (AvgIpc) is 2.72. The lowest BCUT2D eigenvalue weighted by Crippen LogP contribution is -2.50. The number of nitrogens with two attached hydrogens (primary N) is 1. The van der Waals surface area contributed by atoms with Crippen LogP contribution in [-0.2, 0) is 22.6 Å². The first-order chi connectivity index (χ1) is 14.0. The van der Waals surface area contributed by atoms with Crippen LogP contribution in [0.5, 0.6) is 0 Å². The molecule has 3 rings (SSSR count). The van der Waals surface area contributed by atoms with E-state index in [1.54, 1.807) is 6.07 Å². The third kappa shape index (κ3) is 6.29. The maximum Gasteiger partial charge on any atom is 0.239 e. The molecule has 0 spiro atoms. The van der Waals surface area contributed by atoms with Gasteiger partial charge in [-0.05, 0) is 55.8 Å². The van der Waals surface area contributed by atoms with Crippen LogP contribution in [0.4, 0.5) is 5.82 Å². The summed E-state index contributed by atoms with van der Waals surface area (Å²) in [5.74, 6) is 0.564. The van der Waals surface area contributed by atoms with Crippen molar-refractivity contribution in [1.82, 2.24) is 20.9 Å². The monoisotopic (exact) mass is 395 g/mol. The lowest BCUT2D eigenvalue weighted by molar-refractivity contribution is -0.128. The van der Waals surface area contributed by atoms with Gasteiger partial charge >= 0.3 is 0 Å². The number of benzene rings is 1. The highest BCUT2D eigenvalue weighted by atomic mass is 16.2. The van der Waals surface area contributed by atoms with Gasteiger partial charge < -0.3 is 21.7 Å². The van der Waals surface area contributed by atoms with Crippen molar-refractivity contribution in [3.63, 3.8) is 0 Å². The number of nitrogens with zero attached hydrogens (tertiary/aromatic N) is 1. The number of aryl methyl sites for hydroxylation is 1. The first-order valence-electron chi connectivity index (χ1n) is 10.0. The Bertz CT molecular complexity index is 840. The molecule has 2 atom stereocenters. The molecule has 1 aliphatic heterocycles. The van der Waals surface area contributed by atoms with Gasteiger partial charge in [-0.1, -0.05) is 36.4 Å². The number of nitrogen functional groups attached to an aromatic ring is 1. The number of hydrogen-bond donors (Lipinski definition) is 4. The number of piperidine rings is 1. The molecule has 5 N–H and O–H groups in total. The predicted molar refractivity (Wildman–Crippen MR) is 113 cm³/mol. The number of amides is 2. The van der Waals surface area contributed by atoms with Crippen LogP contribution >= 0.6 is 0 Å². The van der Waals surface area contributed by atoms with Crippen LogP contribution in [0.2, 0.25) is 0 Å². The molecule has 2 heterocycles. The number of carbonyl (C=O) groups excluding carboxylic acids is 2. The summed E-state index contributed by atoms with van der Waals surface area (Å²) in [5.41, 5.74) is 8.62. The van der Waals surface area contributed by atoms with Crippen molar-refractivity contribution < 1.29 is 9.59 Å². The molecule has 2 aromatic rings. The zero-order chi connectivity index (χ0) is 20.6. The standard InChI is InChI=1S/C22H29N5O2/c1-15-18(7-8-20(23)27-15)13-25-21(28)14-26-22(29)19-12-17(9-10-24-19)11-16-5-3-2-4-6-16/h2-8,17,19,24H,9-14H2,1H3,(H2,23,27)(H,25,28)(H,26,29). The second-order valence-corrected chi connectivity index (χ2v) is 7.56. The minimum Gasteiger partial charge on any atom is -0.384 e. The largest absolute Gasteiger partial charge is 0.384 e. The summed E-state index contributed by atoms with van der Waals surface area (Å²) in [6.07, 6.45) is 2.80. The number of rotatable bonds is 7. The minimum atomic E-state index is -0.256. The fourth-order valence-electron chi connectivity index (χ4n) is 3.67. The molecular weight excluding hydrogens is 366 g/mol. The molecule has 2 unspecified atom stereocenters. The zero-order valence-electron chi connectivity index (χ0n) is 16.8. The van der Waals surface area contributed by atoms with Crippen molar-refractivity contribution in [3.05, 3.63) is 59.3 Å². The van der Waals surface area contributed by atoms with Gasteiger partial charge in [0.2, 0.25) is 11.8 Å². The molecule has 1 saturated heterocycles. The lowest BCUT2D eigenvalue weighted by atomic mass is 9.87. The van der Waals surface area contributed by atoms with Gasteiger partial charge in [-0.3, -0.25) is 9.59 Å². The molecule has 0 saturated carbocycles. The van der Waals surface area contributed by atoms with E-state index in [4.69, 9.17) is 5.73 Å². The Morgan fingerprint density at radius 2 is 1.97 bits per heavy atom. The molecule has 7 nitrogen and oxygen atoms in total. The van der Waals surface area contributed by atoms with Gasteiger partial charge in [0.1, 0.15) is 5.82 Å². The molecule has 1 fully saturated rings. The Morgan fingerprint density at radius 1 is 1.17 bits per heavy atom. The fraction of sp³-hybridized carbons (Fsp3) is 0.409. The fourth-order valence-corrected chi connectivity index (χ4v) is 3.67. The number of nitrogens with one attached hydrogen (secondary N) is 3. The summed E-state index contributed by atoms with van der Waals surface area (Å²) < 4.78 is 0. The SMILES string of the molecule is Cc1nc(N)ccc1CNC(=O)CNC(=O)C1CC(Cc2ccccc2)CCN1. The van der Waals surface area contributed by atoms with E-state index in [-0.39, 0.29) is 24.4 Å². The summed E-state index contributed by atoms with van der Waals surface area (Å²) in [6, 6.07) is 13.6. The minimum absolute atomic E-state index is 0.0399. The predicted octanol–water partition coefficient (Wildman–Crippen LogP) is 1.32. The maximum absolute atomic E-state index is 12.5. The van der Waals surface area contributed by atoms with E-state index >= 15 is 0 Å². The molecule has 29 heavy (non-hydrogen) atoms. The summed E-state index contributed by atoms with van der Waals surface area (Å²) in [5, 5.41) is 8.82. The molecule has 1 aromatic carbocycles. The van der Waals surface area contributed by atoms with Gasteiger partial charge in [-0.15, -0.1) is 0 Å². The highest BCUT2D eigenvalue weighted by molar-refractivity contribution is 5.87. The smallest absolute Gasteiger partial charge is 0.239 e. The van der Waals surface area contributed by atoms with Gasteiger partial charge in [0.25, 0.3) is 0 Å². The molecular formula is C22H29N5O2. The van der Waals surface area contributed by atoms with Gasteiger partial charge in [-0.25, -0.2) is 4.98 Å². The van der Waals surface area contributed by atoms with Crippen molar-refractivity contribution in [3.8, 4) is 0 Å². The van der Waals surface area contributed by atoms with Crippen molar-refractivity contribution in [2.75, 3.05) is 18.8 Å². The second kappa shape index (κ2) is 10.0. The van der Waals surface area contributed by atoms with Crippen LogP contribution in [0.25, 0.3) is 0 Å². The number of hydrogen-bond acceptors (Lipinski definition) is 5. The van der Waals surface area contributed by atoms with Crippen molar-refractivity contribution in [1.29, 1.82) is 0 Å². The normalized spacial score (nSPS) is 18.8. The Hall–Kier alpha value is -2.93. The van der Waals surface area contributed by atoms with Gasteiger partial charge in [-0.2, -0.15) is 0 Å². The molecule has 154 valence electrons. The van der Waals surface area contributed by atoms with E-state index < -0.39 is 0 Å². The molecule has 1 aromatic heterocycles. The third-order valence-corrected chi connectivity index (χ3v) is 5.31. The Labute approximate surface area is 171 Å². The molecule has 0 radical (unpaired) electrons. The zero-order valence-corrected chi connectivity index (χ0v) is 16.8.